The molecule has 2 aromatic rings. The van der Waals surface area contributed by atoms with E-state index in [0.717, 1.165) is 23.0 Å². The lowest BCUT2D eigenvalue weighted by Crippen LogP contribution is -2.34. The van der Waals surface area contributed by atoms with Gasteiger partial charge in [-0.05, 0) is 24.6 Å². The van der Waals surface area contributed by atoms with Crippen LogP contribution in [0.3, 0.4) is 0 Å². The molecule has 0 aliphatic carbocycles. The number of carbonyl (C=O) groups is 1. The van der Waals surface area contributed by atoms with Crippen LogP contribution in [0.15, 0.2) is 41.8 Å². The molecule has 0 spiro atoms. The van der Waals surface area contributed by atoms with E-state index in [9.17, 15) is 18.0 Å². The molecule has 4 nitrogen and oxygen atoms in total. The Balaban J connectivity index is 1.98. The van der Waals surface area contributed by atoms with Gasteiger partial charge in [0.05, 0.1) is 5.75 Å². The maximum absolute atomic E-state index is 12.0. The van der Waals surface area contributed by atoms with Crippen molar-refractivity contribution in [2.75, 3.05) is 12.3 Å². The summed E-state index contributed by atoms with van der Waals surface area (Å²) in [6.07, 6.45) is -1.08. The number of rotatable bonds is 5. The molecule has 1 amide bonds. The van der Waals surface area contributed by atoms with Crippen LogP contribution in [-0.2, 0) is 4.79 Å². The Labute approximate surface area is 129 Å². The van der Waals surface area contributed by atoms with Crippen LogP contribution in [-0.4, -0.2) is 33.9 Å². The number of alkyl halides is 3. The van der Waals surface area contributed by atoms with Gasteiger partial charge in [0.25, 0.3) is 0 Å². The van der Waals surface area contributed by atoms with E-state index in [1.165, 1.54) is 0 Å². The number of nitrogens with one attached hydrogen (secondary N) is 1. The molecule has 0 fully saturated rings. The molecule has 22 heavy (non-hydrogen) atoms. The first-order valence-corrected chi connectivity index (χ1v) is 7.40. The predicted octanol–water partition coefficient (Wildman–Crippen LogP) is 2.95. The van der Waals surface area contributed by atoms with Crippen molar-refractivity contribution < 1.29 is 18.0 Å². The van der Waals surface area contributed by atoms with Crippen molar-refractivity contribution >= 4 is 17.7 Å². The lowest BCUT2D eigenvalue weighted by atomic mass is 10.2. The summed E-state index contributed by atoms with van der Waals surface area (Å²) in [6.45, 7) is 0.635. The molecule has 1 aromatic heterocycles. The molecule has 0 unspecified atom stereocenters. The smallest absolute Gasteiger partial charge is 0.346 e. The first-order valence-electron chi connectivity index (χ1n) is 6.42. The number of aromatic nitrogens is 2. The molecule has 0 bridgehead atoms. The van der Waals surface area contributed by atoms with Crippen molar-refractivity contribution in [2.24, 2.45) is 0 Å². The number of aryl methyl sites for hydroxylation is 1. The highest BCUT2D eigenvalue weighted by Gasteiger charge is 2.27. The number of benzene rings is 1. The van der Waals surface area contributed by atoms with E-state index in [4.69, 9.17) is 0 Å². The number of imidazole rings is 1. The van der Waals surface area contributed by atoms with Gasteiger partial charge in [0.1, 0.15) is 6.54 Å². The molecule has 0 aliphatic heterocycles. The number of hydrogen-bond donors (Lipinski definition) is 1. The molecule has 8 heteroatoms. The van der Waals surface area contributed by atoms with Crippen LogP contribution >= 0.6 is 11.8 Å². The van der Waals surface area contributed by atoms with Crippen LogP contribution in [0.25, 0.3) is 5.69 Å². The summed E-state index contributed by atoms with van der Waals surface area (Å²) in [5.74, 6) is -0.806. The minimum Gasteiger partial charge on any atom is -0.346 e. The summed E-state index contributed by atoms with van der Waals surface area (Å²) >= 11 is 1.09. The maximum atomic E-state index is 12.0. The van der Waals surface area contributed by atoms with Gasteiger partial charge in [0.2, 0.25) is 5.91 Å². The van der Waals surface area contributed by atoms with Crippen LogP contribution in [0.5, 0.6) is 0 Å². The fraction of sp³-hybridized carbons (Fsp3) is 0.286. The second-order valence-electron chi connectivity index (χ2n) is 4.60. The van der Waals surface area contributed by atoms with E-state index in [-0.39, 0.29) is 5.75 Å². The normalized spacial score (nSPS) is 11.5. The number of carbonyl (C=O) groups excluding carboxylic acids is 1. The van der Waals surface area contributed by atoms with E-state index < -0.39 is 18.6 Å². The van der Waals surface area contributed by atoms with E-state index in [1.807, 2.05) is 36.5 Å². The average molecular weight is 329 g/mol. The highest BCUT2D eigenvalue weighted by molar-refractivity contribution is 7.99. The van der Waals surface area contributed by atoms with Gasteiger partial charge in [0, 0.05) is 18.1 Å². The van der Waals surface area contributed by atoms with E-state index in [1.54, 1.807) is 17.0 Å². The Morgan fingerprint density at radius 3 is 2.86 bits per heavy atom. The van der Waals surface area contributed by atoms with Gasteiger partial charge in [-0.1, -0.05) is 23.9 Å². The molecule has 0 atom stereocenters. The van der Waals surface area contributed by atoms with Gasteiger partial charge < -0.3 is 5.32 Å². The van der Waals surface area contributed by atoms with Crippen LogP contribution in [0.1, 0.15) is 5.56 Å². The van der Waals surface area contributed by atoms with E-state index in [2.05, 4.69) is 4.98 Å². The number of thioether (sulfide) groups is 1. The Hall–Kier alpha value is -1.96. The molecule has 1 heterocycles. The minimum atomic E-state index is -4.40. The van der Waals surface area contributed by atoms with Crippen molar-refractivity contribution in [3.8, 4) is 5.69 Å². The highest BCUT2D eigenvalue weighted by Crippen LogP contribution is 2.21. The van der Waals surface area contributed by atoms with Crippen LogP contribution in [0, 0.1) is 6.92 Å². The third-order valence-corrected chi connectivity index (χ3v) is 3.67. The standard InChI is InChI=1S/C14H14F3N3OS/c1-10-3-2-4-11(7-10)20-6-5-18-13(20)22-8-12(21)19-9-14(15,16)17/h2-7H,8-9H2,1H3,(H,19,21). The Kier molecular flexibility index (Phi) is 5.12. The molecule has 1 N–H and O–H groups in total. The molecule has 2 rings (SSSR count). The fourth-order valence-electron chi connectivity index (χ4n) is 1.75. The molecular weight excluding hydrogens is 315 g/mol. The zero-order valence-electron chi connectivity index (χ0n) is 11.7. The number of halogens is 3. The summed E-state index contributed by atoms with van der Waals surface area (Å²) in [5.41, 5.74) is 1.96. The molecule has 0 saturated heterocycles. The SMILES string of the molecule is Cc1cccc(-n2ccnc2SCC(=O)NCC(F)(F)F)c1. The number of amides is 1. The van der Waals surface area contributed by atoms with Crippen molar-refractivity contribution in [2.45, 2.75) is 18.3 Å². The van der Waals surface area contributed by atoms with Crippen LogP contribution in [0.2, 0.25) is 0 Å². The van der Waals surface area contributed by atoms with Gasteiger partial charge in [-0.2, -0.15) is 13.2 Å². The van der Waals surface area contributed by atoms with Crippen LogP contribution in [0.4, 0.5) is 13.2 Å². The second kappa shape index (κ2) is 6.87. The zero-order chi connectivity index (χ0) is 16.2. The summed E-state index contributed by atoms with van der Waals surface area (Å²) in [5, 5.41) is 2.38. The largest absolute Gasteiger partial charge is 0.405 e. The van der Waals surface area contributed by atoms with Gasteiger partial charge >= 0.3 is 6.18 Å². The summed E-state index contributed by atoms with van der Waals surface area (Å²) in [4.78, 5) is 15.5. The fourth-order valence-corrected chi connectivity index (χ4v) is 2.55. The molecule has 118 valence electrons. The number of nitrogens with zero attached hydrogens (tertiary/aromatic N) is 2. The minimum absolute atomic E-state index is 0.126. The second-order valence-corrected chi connectivity index (χ2v) is 5.54. The highest BCUT2D eigenvalue weighted by atomic mass is 32.2. The predicted molar refractivity (Wildman–Crippen MR) is 78.1 cm³/mol. The molecule has 0 aliphatic rings. The van der Waals surface area contributed by atoms with Crippen molar-refractivity contribution in [1.29, 1.82) is 0 Å². The zero-order valence-corrected chi connectivity index (χ0v) is 12.5. The van der Waals surface area contributed by atoms with Gasteiger partial charge in [-0.25, -0.2) is 4.98 Å². The summed E-state index contributed by atoms with van der Waals surface area (Å²) < 4.78 is 37.8. The lowest BCUT2D eigenvalue weighted by molar-refractivity contribution is -0.136. The monoisotopic (exact) mass is 329 g/mol. The van der Waals surface area contributed by atoms with Gasteiger partial charge in [-0.15, -0.1) is 0 Å². The Bertz CT molecular complexity index is 655. The first-order chi connectivity index (χ1) is 10.3. The quantitative estimate of drug-likeness (QED) is 0.858. The van der Waals surface area contributed by atoms with E-state index >= 15 is 0 Å². The summed E-state index contributed by atoms with van der Waals surface area (Å²) in [7, 11) is 0. The maximum Gasteiger partial charge on any atom is 0.405 e. The van der Waals surface area contributed by atoms with Crippen molar-refractivity contribution in [3.05, 3.63) is 42.2 Å². The molecule has 0 saturated carbocycles. The van der Waals surface area contributed by atoms with Crippen LogP contribution < -0.4 is 5.32 Å². The molecule has 0 radical (unpaired) electrons. The molecule has 1 aromatic carbocycles. The van der Waals surface area contributed by atoms with Gasteiger partial charge in [0.15, 0.2) is 5.16 Å². The average Bonchev–Trinajstić information content (AvgIpc) is 2.90. The van der Waals surface area contributed by atoms with Gasteiger partial charge in [-0.3, -0.25) is 9.36 Å². The third kappa shape index (κ3) is 4.80. The van der Waals surface area contributed by atoms with E-state index in [0.29, 0.717) is 5.16 Å². The third-order valence-electron chi connectivity index (χ3n) is 2.70. The lowest BCUT2D eigenvalue weighted by Gasteiger charge is -2.09. The van der Waals surface area contributed by atoms with Crippen molar-refractivity contribution in [3.63, 3.8) is 0 Å². The molecular formula is C14H14F3N3OS. The number of hydrogen-bond acceptors (Lipinski definition) is 3. The Morgan fingerprint density at radius 2 is 2.18 bits per heavy atom. The topological polar surface area (TPSA) is 46.9 Å². The van der Waals surface area contributed by atoms with Crippen molar-refractivity contribution in [1.82, 2.24) is 14.9 Å². The Morgan fingerprint density at radius 1 is 1.41 bits per heavy atom. The first kappa shape index (κ1) is 16.4. The summed E-state index contributed by atoms with van der Waals surface area (Å²) in [6, 6.07) is 7.70.